The number of anilines is 1. The lowest BCUT2D eigenvalue weighted by Gasteiger charge is -2.32. The van der Waals surface area contributed by atoms with Gasteiger partial charge < -0.3 is 25.7 Å². The molecule has 0 saturated carbocycles. The molecule has 168 valence electrons. The number of nitrogens with two attached hydrogens (primary N) is 1. The number of carbonyl (C=O) groups excluding carboxylic acids is 1. The number of aryl methyl sites for hydroxylation is 1. The molecule has 11 nitrogen and oxygen atoms in total. The summed E-state index contributed by atoms with van der Waals surface area (Å²) in [7, 11) is 1.53. The van der Waals surface area contributed by atoms with Crippen molar-refractivity contribution >= 4 is 11.6 Å². The minimum absolute atomic E-state index is 0.406. The third-order valence-electron chi connectivity index (χ3n) is 4.78. The predicted octanol–water partition coefficient (Wildman–Crippen LogP) is 2.64. The molecule has 0 fully saturated rings. The fraction of sp³-hybridized carbons (Fsp3) is 0.286. The first-order chi connectivity index (χ1) is 15.2. The molecular formula is C21H23N5O6. The summed E-state index contributed by atoms with van der Waals surface area (Å²) >= 11 is 0. The van der Waals surface area contributed by atoms with Gasteiger partial charge in [-0.25, -0.2) is 4.98 Å². The SMILES string of the molecule is CCOc1ncc(C)c2c1[C@H](c1ccc(C#N)cc1OC)C(C(N)=O)=C(C)N2.O=[N+]([O-])O. The number of amides is 1. The molecule has 0 saturated heterocycles. The highest BCUT2D eigenvalue weighted by atomic mass is 16.9. The summed E-state index contributed by atoms with van der Waals surface area (Å²) in [5.41, 5.74) is 10.5. The fourth-order valence-corrected chi connectivity index (χ4v) is 3.57. The minimum Gasteiger partial charge on any atom is -0.496 e. The molecule has 1 amide bonds. The van der Waals surface area contributed by atoms with Gasteiger partial charge in [-0.2, -0.15) is 5.26 Å². The number of ether oxygens (including phenoxy) is 2. The van der Waals surface area contributed by atoms with Crippen molar-refractivity contribution < 1.29 is 24.6 Å². The smallest absolute Gasteiger partial charge is 0.291 e. The first kappa shape index (κ1) is 23.9. The van der Waals surface area contributed by atoms with Crippen LogP contribution in [-0.4, -0.2) is 34.9 Å². The Morgan fingerprint density at radius 3 is 2.62 bits per heavy atom. The quantitative estimate of drug-likeness (QED) is 0.465. The zero-order chi connectivity index (χ0) is 24.0. The van der Waals surface area contributed by atoms with Crippen LogP contribution in [0, 0.1) is 28.4 Å². The number of nitrogens with one attached hydrogen (secondary N) is 1. The number of fused-ring (bicyclic) bond motifs is 1. The van der Waals surface area contributed by atoms with Gasteiger partial charge in [0.1, 0.15) is 5.75 Å². The Labute approximate surface area is 184 Å². The van der Waals surface area contributed by atoms with Crippen LogP contribution in [0.1, 0.15) is 42.0 Å². The van der Waals surface area contributed by atoms with E-state index in [1.807, 2.05) is 20.8 Å². The molecule has 0 spiro atoms. The van der Waals surface area contributed by atoms with Crippen LogP contribution >= 0.6 is 0 Å². The molecule has 1 aromatic carbocycles. The lowest BCUT2D eigenvalue weighted by Crippen LogP contribution is -2.28. The number of benzene rings is 1. The van der Waals surface area contributed by atoms with Crippen molar-refractivity contribution in [2.45, 2.75) is 26.7 Å². The molecular weight excluding hydrogens is 418 g/mol. The molecule has 0 radical (unpaired) electrons. The number of aromatic nitrogens is 1. The average Bonchev–Trinajstić information content (AvgIpc) is 2.74. The second-order valence-electron chi connectivity index (χ2n) is 6.74. The van der Waals surface area contributed by atoms with Crippen molar-refractivity contribution in [2.24, 2.45) is 5.73 Å². The average molecular weight is 441 g/mol. The van der Waals surface area contributed by atoms with Gasteiger partial charge >= 0.3 is 0 Å². The van der Waals surface area contributed by atoms with Crippen molar-refractivity contribution in [3.63, 3.8) is 0 Å². The molecule has 4 N–H and O–H groups in total. The van der Waals surface area contributed by atoms with E-state index in [1.165, 1.54) is 7.11 Å². The van der Waals surface area contributed by atoms with Crippen molar-refractivity contribution in [3.05, 3.63) is 68.0 Å². The largest absolute Gasteiger partial charge is 0.496 e. The number of rotatable bonds is 5. The molecule has 2 aromatic rings. The van der Waals surface area contributed by atoms with E-state index in [0.717, 1.165) is 16.8 Å². The minimum atomic E-state index is -1.50. The van der Waals surface area contributed by atoms with E-state index < -0.39 is 16.9 Å². The zero-order valence-corrected chi connectivity index (χ0v) is 18.0. The van der Waals surface area contributed by atoms with Gasteiger partial charge in [-0.1, -0.05) is 6.07 Å². The zero-order valence-electron chi connectivity index (χ0n) is 18.0. The summed E-state index contributed by atoms with van der Waals surface area (Å²) in [6.07, 6.45) is 1.73. The first-order valence-corrected chi connectivity index (χ1v) is 9.47. The summed E-state index contributed by atoms with van der Waals surface area (Å²) in [6, 6.07) is 7.22. The summed E-state index contributed by atoms with van der Waals surface area (Å²) < 4.78 is 11.3. The molecule has 3 rings (SSSR count). The number of hydrogen-bond donors (Lipinski definition) is 3. The molecule has 32 heavy (non-hydrogen) atoms. The van der Waals surface area contributed by atoms with Crippen LogP contribution < -0.4 is 20.5 Å². The Hall–Kier alpha value is -4.33. The van der Waals surface area contributed by atoms with E-state index in [9.17, 15) is 10.1 Å². The Bertz CT molecular complexity index is 1120. The first-order valence-electron chi connectivity index (χ1n) is 9.47. The van der Waals surface area contributed by atoms with E-state index in [-0.39, 0.29) is 0 Å². The van der Waals surface area contributed by atoms with E-state index in [2.05, 4.69) is 16.4 Å². The monoisotopic (exact) mass is 441 g/mol. The highest BCUT2D eigenvalue weighted by Gasteiger charge is 2.36. The number of carbonyl (C=O) groups is 1. The van der Waals surface area contributed by atoms with Gasteiger partial charge in [-0.3, -0.25) is 4.79 Å². The molecule has 1 atom stereocenters. The van der Waals surface area contributed by atoms with Crippen LogP contribution in [0.3, 0.4) is 0 Å². The number of nitrogens with zero attached hydrogens (tertiary/aromatic N) is 3. The second-order valence-corrected chi connectivity index (χ2v) is 6.74. The Balaban J connectivity index is 0.000000837. The normalized spacial score (nSPS) is 14.2. The topological polar surface area (TPSA) is 174 Å². The molecule has 11 heteroatoms. The number of hydrogen-bond acceptors (Lipinski definition) is 8. The summed E-state index contributed by atoms with van der Waals surface area (Å²) in [5.74, 6) is -0.160. The van der Waals surface area contributed by atoms with Crippen molar-refractivity contribution in [1.29, 1.82) is 5.26 Å². The van der Waals surface area contributed by atoms with Gasteiger partial charge in [0, 0.05) is 23.0 Å². The van der Waals surface area contributed by atoms with Crippen LogP contribution in [0.5, 0.6) is 11.6 Å². The van der Waals surface area contributed by atoms with Crippen molar-refractivity contribution in [3.8, 4) is 17.7 Å². The number of methoxy groups -OCH3 is 1. The van der Waals surface area contributed by atoms with E-state index >= 15 is 0 Å². The molecule has 2 heterocycles. The van der Waals surface area contributed by atoms with Gasteiger partial charge in [0.25, 0.3) is 5.09 Å². The van der Waals surface area contributed by atoms with Crippen LogP contribution in [0.25, 0.3) is 0 Å². The number of allylic oxidation sites excluding steroid dienone is 1. The molecule has 1 aromatic heterocycles. The number of pyridine rings is 1. The van der Waals surface area contributed by atoms with Crippen LogP contribution in [-0.2, 0) is 4.79 Å². The van der Waals surface area contributed by atoms with E-state index in [0.29, 0.717) is 40.6 Å². The lowest BCUT2D eigenvalue weighted by molar-refractivity contribution is -0.742. The van der Waals surface area contributed by atoms with Crippen molar-refractivity contribution in [1.82, 2.24) is 4.98 Å². The molecule has 0 aliphatic carbocycles. The Morgan fingerprint density at radius 1 is 1.44 bits per heavy atom. The van der Waals surface area contributed by atoms with Gasteiger partial charge in [-0.15, -0.1) is 10.1 Å². The third kappa shape index (κ3) is 4.86. The number of nitriles is 1. The highest BCUT2D eigenvalue weighted by Crippen LogP contribution is 2.48. The summed E-state index contributed by atoms with van der Waals surface area (Å²) in [4.78, 5) is 25.2. The van der Waals surface area contributed by atoms with Crippen LogP contribution in [0.2, 0.25) is 0 Å². The predicted molar refractivity (Wildman–Crippen MR) is 114 cm³/mol. The maximum Gasteiger partial charge on any atom is 0.291 e. The second kappa shape index (κ2) is 10.1. The van der Waals surface area contributed by atoms with Crippen LogP contribution in [0.4, 0.5) is 5.69 Å². The highest BCUT2D eigenvalue weighted by molar-refractivity contribution is 5.98. The molecule has 0 unspecified atom stereocenters. The Kier molecular flexibility index (Phi) is 7.57. The van der Waals surface area contributed by atoms with Crippen LogP contribution in [0.15, 0.2) is 35.7 Å². The molecule has 0 bridgehead atoms. The molecule has 1 aliphatic heterocycles. The van der Waals surface area contributed by atoms with Gasteiger partial charge in [0.2, 0.25) is 11.8 Å². The third-order valence-corrected chi connectivity index (χ3v) is 4.78. The fourth-order valence-electron chi connectivity index (χ4n) is 3.57. The Morgan fingerprint density at radius 2 is 2.09 bits per heavy atom. The number of primary amides is 1. The standard InChI is InChI=1S/C21H22N4O3.HNO3/c1-5-28-21-18-17(14-7-6-13(9-22)8-15(14)27-4)16(20(23)26)12(3)25-19(18)11(2)10-24-21;2-1(3)4/h6-8,10,17,25H,5H2,1-4H3,(H2,23,26);(H,2,3,4)/t17-;/m1./s1. The van der Waals surface area contributed by atoms with E-state index in [4.69, 9.17) is 30.5 Å². The van der Waals surface area contributed by atoms with Gasteiger partial charge in [0.15, 0.2) is 0 Å². The molecule has 1 aliphatic rings. The van der Waals surface area contributed by atoms with Crippen molar-refractivity contribution in [2.75, 3.05) is 19.0 Å². The maximum atomic E-state index is 12.4. The summed E-state index contributed by atoms with van der Waals surface area (Å²) in [5, 5.41) is 26.1. The lowest BCUT2D eigenvalue weighted by atomic mass is 9.79. The summed E-state index contributed by atoms with van der Waals surface area (Å²) in [6.45, 7) is 6.04. The van der Waals surface area contributed by atoms with Gasteiger partial charge in [-0.05, 0) is 38.5 Å². The maximum absolute atomic E-state index is 12.4. The van der Waals surface area contributed by atoms with Gasteiger partial charge in [0.05, 0.1) is 42.5 Å². The van der Waals surface area contributed by atoms with E-state index in [1.54, 1.807) is 24.4 Å².